The lowest BCUT2D eigenvalue weighted by atomic mass is 9.82. The molecule has 0 aliphatic carbocycles. The molecule has 1 aromatic carbocycles. The minimum atomic E-state index is -0.244. The van der Waals surface area contributed by atoms with Crippen molar-refractivity contribution in [2.24, 2.45) is 0 Å². The first kappa shape index (κ1) is 19.0. The Kier molecular flexibility index (Phi) is 5.15. The second-order valence-corrected chi connectivity index (χ2v) is 8.18. The van der Waals surface area contributed by atoms with Crippen LogP contribution in [-0.4, -0.2) is 34.5 Å². The van der Waals surface area contributed by atoms with Gasteiger partial charge in [-0.1, -0.05) is 18.2 Å². The maximum atomic E-state index is 12.9. The highest BCUT2D eigenvalue weighted by Gasteiger charge is 2.42. The number of aromatic nitrogens is 2. The summed E-state index contributed by atoms with van der Waals surface area (Å²) in [5.41, 5.74) is 2.87. The molecule has 150 valence electrons. The summed E-state index contributed by atoms with van der Waals surface area (Å²) in [6.45, 7) is 7.45. The van der Waals surface area contributed by atoms with Crippen LogP contribution < -0.4 is 10.1 Å². The fraction of sp³-hybridized carbons (Fsp3) is 0.545. The number of amides is 1. The van der Waals surface area contributed by atoms with E-state index in [0.29, 0.717) is 19.6 Å². The van der Waals surface area contributed by atoms with Gasteiger partial charge in [-0.2, -0.15) is 5.10 Å². The third-order valence-electron chi connectivity index (χ3n) is 5.88. The van der Waals surface area contributed by atoms with Gasteiger partial charge in [0.1, 0.15) is 11.4 Å². The van der Waals surface area contributed by atoms with Crippen LogP contribution in [0.25, 0.3) is 0 Å². The lowest BCUT2D eigenvalue weighted by Crippen LogP contribution is -2.48. The van der Waals surface area contributed by atoms with Crippen molar-refractivity contribution in [2.75, 3.05) is 13.2 Å². The summed E-state index contributed by atoms with van der Waals surface area (Å²) in [6, 6.07) is 10.1. The van der Waals surface area contributed by atoms with Crippen molar-refractivity contribution < 1.29 is 14.3 Å². The van der Waals surface area contributed by atoms with E-state index in [0.717, 1.165) is 42.0 Å². The molecule has 1 spiro atoms. The average Bonchev–Trinajstić information content (AvgIpc) is 3.00. The van der Waals surface area contributed by atoms with Gasteiger partial charge in [-0.3, -0.25) is 9.48 Å². The number of nitrogens with zero attached hydrogens (tertiary/aromatic N) is 2. The van der Waals surface area contributed by atoms with Gasteiger partial charge in [0.25, 0.3) is 0 Å². The Morgan fingerprint density at radius 3 is 2.79 bits per heavy atom. The molecule has 28 heavy (non-hydrogen) atoms. The molecule has 0 bridgehead atoms. The van der Waals surface area contributed by atoms with Crippen molar-refractivity contribution in [1.29, 1.82) is 0 Å². The molecule has 4 rings (SSSR count). The number of ether oxygens (including phenoxy) is 2. The number of carbonyl (C=O) groups excluding carboxylic acids is 1. The van der Waals surface area contributed by atoms with Gasteiger partial charge in [0.05, 0.1) is 31.0 Å². The Balaban J connectivity index is 1.49. The molecule has 0 radical (unpaired) electrons. The molecule has 1 fully saturated rings. The molecule has 6 nitrogen and oxygen atoms in total. The number of hydrogen-bond donors (Lipinski definition) is 1. The molecule has 2 atom stereocenters. The van der Waals surface area contributed by atoms with Gasteiger partial charge in [-0.25, -0.2) is 0 Å². The van der Waals surface area contributed by atoms with E-state index in [-0.39, 0.29) is 23.6 Å². The highest BCUT2D eigenvalue weighted by Crippen LogP contribution is 2.43. The van der Waals surface area contributed by atoms with E-state index in [4.69, 9.17) is 9.47 Å². The lowest BCUT2D eigenvalue weighted by Gasteiger charge is -2.44. The lowest BCUT2D eigenvalue weighted by molar-refractivity contribution is -0.123. The summed E-state index contributed by atoms with van der Waals surface area (Å²) in [7, 11) is 0. The van der Waals surface area contributed by atoms with Gasteiger partial charge in [0, 0.05) is 36.9 Å². The first-order chi connectivity index (χ1) is 13.5. The molecule has 1 amide bonds. The highest BCUT2D eigenvalue weighted by molar-refractivity contribution is 5.77. The van der Waals surface area contributed by atoms with E-state index in [1.165, 1.54) is 0 Å². The maximum Gasteiger partial charge on any atom is 0.222 e. The van der Waals surface area contributed by atoms with Crippen LogP contribution in [0, 0.1) is 13.8 Å². The zero-order chi connectivity index (χ0) is 19.7. The summed E-state index contributed by atoms with van der Waals surface area (Å²) in [6.07, 6.45) is 2.90. The maximum absolute atomic E-state index is 12.9. The van der Waals surface area contributed by atoms with Crippen LogP contribution >= 0.6 is 0 Å². The summed E-state index contributed by atoms with van der Waals surface area (Å²) in [5.74, 6) is 0.927. The standard InChI is InChI=1S/C22H29N3O3/c1-15-12-16(2)25(24-15)17(3)13-21(26)23-19-14-22(8-10-27-11-9-22)28-20-7-5-4-6-18(19)20/h4-7,12,17,19H,8-11,13-14H2,1-3H3,(H,23,26). The van der Waals surface area contributed by atoms with Crippen LogP contribution in [-0.2, 0) is 9.53 Å². The Morgan fingerprint density at radius 2 is 2.07 bits per heavy atom. The second kappa shape index (κ2) is 7.59. The number of para-hydroxylation sites is 1. The first-order valence-corrected chi connectivity index (χ1v) is 10.1. The third-order valence-corrected chi connectivity index (χ3v) is 5.88. The number of carbonyl (C=O) groups is 1. The predicted molar refractivity (Wildman–Crippen MR) is 106 cm³/mol. The van der Waals surface area contributed by atoms with E-state index >= 15 is 0 Å². The number of fused-ring (bicyclic) bond motifs is 1. The van der Waals surface area contributed by atoms with Crippen molar-refractivity contribution in [2.45, 2.75) is 64.1 Å². The molecule has 1 saturated heterocycles. The summed E-state index contributed by atoms with van der Waals surface area (Å²) >= 11 is 0. The Hall–Kier alpha value is -2.34. The normalized spacial score (nSPS) is 21.6. The Bertz CT molecular complexity index is 854. The van der Waals surface area contributed by atoms with Crippen molar-refractivity contribution in [3.05, 3.63) is 47.3 Å². The van der Waals surface area contributed by atoms with Crippen LogP contribution in [0.2, 0.25) is 0 Å². The average molecular weight is 383 g/mol. The molecule has 3 heterocycles. The summed E-state index contributed by atoms with van der Waals surface area (Å²) in [5, 5.41) is 7.79. The predicted octanol–water partition coefficient (Wildman–Crippen LogP) is 3.64. The Labute approximate surface area is 166 Å². The number of nitrogens with one attached hydrogen (secondary N) is 1. The van der Waals surface area contributed by atoms with E-state index in [1.54, 1.807) is 0 Å². The van der Waals surface area contributed by atoms with E-state index < -0.39 is 0 Å². The van der Waals surface area contributed by atoms with Crippen LogP contribution in [0.3, 0.4) is 0 Å². The molecule has 2 aliphatic heterocycles. The van der Waals surface area contributed by atoms with Gasteiger partial charge >= 0.3 is 0 Å². The zero-order valence-corrected chi connectivity index (χ0v) is 16.9. The molecule has 0 saturated carbocycles. The first-order valence-electron chi connectivity index (χ1n) is 10.1. The largest absolute Gasteiger partial charge is 0.487 e. The monoisotopic (exact) mass is 383 g/mol. The number of rotatable bonds is 4. The van der Waals surface area contributed by atoms with Crippen LogP contribution in [0.1, 0.15) is 61.6 Å². The number of aryl methyl sites for hydroxylation is 2. The minimum Gasteiger partial charge on any atom is -0.487 e. The molecule has 2 aromatic rings. The third kappa shape index (κ3) is 3.78. The van der Waals surface area contributed by atoms with Crippen molar-refractivity contribution in [3.63, 3.8) is 0 Å². The molecule has 2 unspecified atom stereocenters. The fourth-order valence-electron chi connectivity index (χ4n) is 4.50. The van der Waals surface area contributed by atoms with Crippen LogP contribution in [0.15, 0.2) is 30.3 Å². The second-order valence-electron chi connectivity index (χ2n) is 8.18. The van der Waals surface area contributed by atoms with Gasteiger partial charge in [-0.05, 0) is 32.9 Å². The van der Waals surface area contributed by atoms with Gasteiger partial charge in [0.2, 0.25) is 5.91 Å². The minimum absolute atomic E-state index is 0.0147. The molecular formula is C22H29N3O3. The Morgan fingerprint density at radius 1 is 1.32 bits per heavy atom. The van der Waals surface area contributed by atoms with Gasteiger partial charge in [0.15, 0.2) is 0 Å². The van der Waals surface area contributed by atoms with E-state index in [1.807, 2.05) is 49.7 Å². The SMILES string of the molecule is Cc1cc(C)n(C(C)CC(=O)NC2CC3(CCOCC3)Oc3ccccc32)n1. The topological polar surface area (TPSA) is 65.4 Å². The zero-order valence-electron chi connectivity index (χ0n) is 16.9. The fourth-order valence-corrected chi connectivity index (χ4v) is 4.50. The van der Waals surface area contributed by atoms with Crippen molar-refractivity contribution >= 4 is 5.91 Å². The highest BCUT2D eigenvalue weighted by atomic mass is 16.5. The number of benzene rings is 1. The molecular weight excluding hydrogens is 354 g/mol. The number of hydrogen-bond acceptors (Lipinski definition) is 4. The molecule has 6 heteroatoms. The van der Waals surface area contributed by atoms with Gasteiger partial charge < -0.3 is 14.8 Å². The summed E-state index contributed by atoms with van der Waals surface area (Å²) in [4.78, 5) is 12.9. The van der Waals surface area contributed by atoms with E-state index in [9.17, 15) is 4.79 Å². The smallest absolute Gasteiger partial charge is 0.222 e. The molecule has 1 N–H and O–H groups in total. The van der Waals surface area contributed by atoms with E-state index in [2.05, 4.69) is 16.5 Å². The summed E-state index contributed by atoms with van der Waals surface area (Å²) < 4.78 is 13.9. The molecule has 2 aliphatic rings. The van der Waals surface area contributed by atoms with Crippen LogP contribution in [0.5, 0.6) is 5.75 Å². The quantitative estimate of drug-likeness (QED) is 0.875. The van der Waals surface area contributed by atoms with Crippen molar-refractivity contribution in [3.8, 4) is 5.75 Å². The van der Waals surface area contributed by atoms with Crippen molar-refractivity contribution in [1.82, 2.24) is 15.1 Å². The van der Waals surface area contributed by atoms with Gasteiger partial charge in [-0.15, -0.1) is 0 Å². The van der Waals surface area contributed by atoms with Crippen LogP contribution in [0.4, 0.5) is 0 Å². The molecule has 1 aromatic heterocycles.